The number of nitrogens with zero attached hydrogens (tertiary/aromatic N) is 2. The molecule has 1 aromatic carbocycles. The topological polar surface area (TPSA) is 25.8 Å². The lowest BCUT2D eigenvalue weighted by molar-refractivity contribution is 0.800. The van der Waals surface area contributed by atoms with Gasteiger partial charge in [0.05, 0.1) is 11.3 Å². The lowest BCUT2D eigenvalue weighted by atomic mass is 10.1. The molecule has 0 atom stereocenters. The molecule has 1 heterocycles. The van der Waals surface area contributed by atoms with E-state index in [4.69, 9.17) is 34.8 Å². The third kappa shape index (κ3) is 4.49. The molecule has 2 aromatic rings. The Hall–Kier alpha value is -0.480. The largest absolute Gasteiger partial charge is 0.220 e. The van der Waals surface area contributed by atoms with E-state index in [1.807, 2.05) is 18.2 Å². The first-order valence-electron chi connectivity index (χ1n) is 6.39. The fraction of sp³-hybridized carbons (Fsp3) is 0.333. The number of halogens is 3. The van der Waals surface area contributed by atoms with Gasteiger partial charge in [0.2, 0.25) is 0 Å². The van der Waals surface area contributed by atoms with Crippen LogP contribution in [-0.2, 0) is 5.75 Å². The second-order valence-electron chi connectivity index (χ2n) is 5.48. The zero-order chi connectivity index (χ0) is 15.6. The normalized spacial score (nSPS) is 11.7. The summed E-state index contributed by atoms with van der Waals surface area (Å²) in [5.74, 6) is 1.28. The molecule has 0 aliphatic rings. The number of rotatable bonds is 3. The summed E-state index contributed by atoms with van der Waals surface area (Å²) in [7, 11) is 0. The van der Waals surface area contributed by atoms with E-state index in [-0.39, 0.29) is 4.75 Å². The van der Waals surface area contributed by atoms with Crippen LogP contribution in [0, 0.1) is 0 Å². The molecule has 0 bridgehead atoms. The van der Waals surface area contributed by atoms with Gasteiger partial charge in [-0.25, -0.2) is 9.97 Å². The summed E-state index contributed by atoms with van der Waals surface area (Å²) in [6.07, 6.45) is 0. The molecule has 1 aromatic heterocycles. The Bertz CT molecular complexity index is 631. The van der Waals surface area contributed by atoms with E-state index < -0.39 is 0 Å². The molecule has 2 nitrogen and oxygen atoms in total. The minimum Gasteiger partial charge on any atom is -0.220 e. The van der Waals surface area contributed by atoms with Crippen molar-refractivity contribution >= 4 is 46.6 Å². The van der Waals surface area contributed by atoms with Crippen molar-refractivity contribution in [3.63, 3.8) is 0 Å². The molecule has 2 rings (SSSR count). The Labute approximate surface area is 144 Å². The van der Waals surface area contributed by atoms with E-state index in [9.17, 15) is 0 Å². The van der Waals surface area contributed by atoms with Crippen LogP contribution < -0.4 is 0 Å². The van der Waals surface area contributed by atoms with Gasteiger partial charge in [0.15, 0.2) is 0 Å². The van der Waals surface area contributed by atoms with Gasteiger partial charge in [0.1, 0.15) is 16.1 Å². The minimum atomic E-state index is 0.129. The van der Waals surface area contributed by atoms with Gasteiger partial charge in [0.25, 0.3) is 0 Å². The van der Waals surface area contributed by atoms with Crippen LogP contribution in [0.5, 0.6) is 0 Å². The van der Waals surface area contributed by atoms with Gasteiger partial charge in [-0.2, -0.15) is 0 Å². The third-order valence-corrected chi connectivity index (χ3v) is 4.79. The molecule has 0 aliphatic carbocycles. The van der Waals surface area contributed by atoms with Crippen molar-refractivity contribution in [1.29, 1.82) is 0 Å². The Morgan fingerprint density at radius 1 is 1.00 bits per heavy atom. The van der Waals surface area contributed by atoms with Crippen LogP contribution >= 0.6 is 46.6 Å². The molecule has 0 aliphatic heterocycles. The van der Waals surface area contributed by atoms with Crippen molar-refractivity contribution in [3.05, 3.63) is 45.4 Å². The number of aromatic nitrogens is 2. The summed E-state index contributed by atoms with van der Waals surface area (Å²) >= 11 is 20.5. The molecule has 0 spiro atoms. The van der Waals surface area contributed by atoms with Crippen LogP contribution in [-0.4, -0.2) is 14.7 Å². The van der Waals surface area contributed by atoms with Crippen molar-refractivity contribution < 1.29 is 0 Å². The van der Waals surface area contributed by atoms with Crippen LogP contribution in [0.1, 0.15) is 26.6 Å². The number of hydrogen-bond acceptors (Lipinski definition) is 3. The molecule has 0 unspecified atom stereocenters. The quantitative estimate of drug-likeness (QED) is 0.614. The molecule has 21 heavy (non-hydrogen) atoms. The Kier molecular flexibility index (Phi) is 5.42. The minimum absolute atomic E-state index is 0.129. The summed E-state index contributed by atoms with van der Waals surface area (Å²) in [6.45, 7) is 6.41. The molecule has 0 saturated heterocycles. The summed E-state index contributed by atoms with van der Waals surface area (Å²) in [5, 5.41) is 1.22. The van der Waals surface area contributed by atoms with E-state index >= 15 is 0 Å². The van der Waals surface area contributed by atoms with Crippen molar-refractivity contribution in [2.45, 2.75) is 31.3 Å². The molecule has 0 saturated carbocycles. The van der Waals surface area contributed by atoms with Gasteiger partial charge in [0, 0.05) is 15.3 Å². The molecule has 0 radical (unpaired) electrons. The average Bonchev–Trinajstić information content (AvgIpc) is 2.37. The predicted molar refractivity (Wildman–Crippen MR) is 93.5 cm³/mol. The molecular weight excluding hydrogens is 347 g/mol. The first kappa shape index (κ1) is 16.9. The van der Waals surface area contributed by atoms with E-state index in [1.165, 1.54) is 0 Å². The van der Waals surface area contributed by atoms with Gasteiger partial charge in [-0.3, -0.25) is 0 Å². The standard InChI is InChI=1S/C15H15Cl3N2S/c1-15(2,3)21-8-11-19-13(17)12(14(18)20-11)9-6-4-5-7-10(9)16/h4-7H,8H2,1-3H3. The third-order valence-electron chi connectivity index (χ3n) is 2.64. The van der Waals surface area contributed by atoms with Crippen molar-refractivity contribution in [3.8, 4) is 11.1 Å². The van der Waals surface area contributed by atoms with Crippen LogP contribution in [0.4, 0.5) is 0 Å². The lowest BCUT2D eigenvalue weighted by Crippen LogP contribution is -2.09. The highest BCUT2D eigenvalue weighted by Gasteiger charge is 2.17. The fourth-order valence-corrected chi connectivity index (χ4v) is 3.23. The summed E-state index contributed by atoms with van der Waals surface area (Å²) in [4.78, 5) is 8.69. The molecule has 0 fully saturated rings. The van der Waals surface area contributed by atoms with Crippen molar-refractivity contribution in [2.24, 2.45) is 0 Å². The molecule has 112 valence electrons. The van der Waals surface area contributed by atoms with Crippen LogP contribution in [0.3, 0.4) is 0 Å². The summed E-state index contributed by atoms with van der Waals surface area (Å²) in [6, 6.07) is 7.36. The van der Waals surface area contributed by atoms with Gasteiger partial charge >= 0.3 is 0 Å². The maximum Gasteiger partial charge on any atom is 0.142 e. The SMILES string of the molecule is CC(C)(C)SCc1nc(Cl)c(-c2ccccc2Cl)c(Cl)n1. The fourth-order valence-electron chi connectivity index (χ4n) is 1.68. The second-order valence-corrected chi connectivity index (χ2v) is 8.40. The smallest absolute Gasteiger partial charge is 0.142 e. The van der Waals surface area contributed by atoms with E-state index in [2.05, 4.69) is 30.7 Å². The highest BCUT2D eigenvalue weighted by Crippen LogP contribution is 2.37. The van der Waals surface area contributed by atoms with E-state index in [0.717, 1.165) is 5.56 Å². The Morgan fingerprint density at radius 2 is 1.57 bits per heavy atom. The van der Waals surface area contributed by atoms with E-state index in [1.54, 1.807) is 17.8 Å². The first-order chi connectivity index (χ1) is 9.78. The summed E-state index contributed by atoms with van der Waals surface area (Å²) < 4.78 is 0.129. The van der Waals surface area contributed by atoms with Crippen molar-refractivity contribution in [1.82, 2.24) is 9.97 Å². The maximum atomic E-state index is 6.29. The zero-order valence-corrected chi connectivity index (χ0v) is 15.0. The predicted octanol–water partition coefficient (Wildman–Crippen LogP) is 6.14. The number of benzene rings is 1. The van der Waals surface area contributed by atoms with Crippen LogP contribution in [0.25, 0.3) is 11.1 Å². The summed E-state index contributed by atoms with van der Waals surface area (Å²) in [5.41, 5.74) is 1.32. The molecule has 0 N–H and O–H groups in total. The monoisotopic (exact) mass is 360 g/mol. The van der Waals surface area contributed by atoms with Crippen LogP contribution in [0.2, 0.25) is 15.3 Å². The zero-order valence-electron chi connectivity index (χ0n) is 12.0. The Balaban J connectivity index is 2.37. The molecular formula is C15H15Cl3N2S. The van der Waals surface area contributed by atoms with Gasteiger partial charge in [-0.1, -0.05) is 73.8 Å². The van der Waals surface area contributed by atoms with Crippen molar-refractivity contribution in [2.75, 3.05) is 0 Å². The van der Waals surface area contributed by atoms with Gasteiger partial charge < -0.3 is 0 Å². The second kappa shape index (κ2) is 6.74. The molecule has 6 heteroatoms. The van der Waals surface area contributed by atoms with E-state index in [0.29, 0.717) is 32.5 Å². The van der Waals surface area contributed by atoms with Gasteiger partial charge in [-0.15, -0.1) is 11.8 Å². The van der Waals surface area contributed by atoms with Crippen LogP contribution in [0.15, 0.2) is 24.3 Å². The lowest BCUT2D eigenvalue weighted by Gasteiger charge is -2.17. The first-order valence-corrected chi connectivity index (χ1v) is 8.50. The number of thioether (sulfide) groups is 1. The molecule has 0 amide bonds. The number of hydrogen-bond donors (Lipinski definition) is 0. The maximum absolute atomic E-state index is 6.29. The average molecular weight is 362 g/mol. The Morgan fingerprint density at radius 3 is 2.10 bits per heavy atom. The van der Waals surface area contributed by atoms with Gasteiger partial charge in [-0.05, 0) is 6.07 Å². The highest BCUT2D eigenvalue weighted by molar-refractivity contribution is 7.99. The highest BCUT2D eigenvalue weighted by atomic mass is 35.5.